The Kier molecular flexibility index (Phi) is 5.20. The van der Waals surface area contributed by atoms with Crippen molar-refractivity contribution < 1.29 is 14.3 Å². The molecule has 0 saturated carbocycles. The molecule has 1 N–H and O–H groups in total. The predicted molar refractivity (Wildman–Crippen MR) is 102 cm³/mol. The second-order valence-electron chi connectivity index (χ2n) is 5.94. The van der Waals surface area contributed by atoms with E-state index in [0.717, 1.165) is 5.01 Å². The first kappa shape index (κ1) is 18.3. The molecule has 7 heteroatoms. The third-order valence-electron chi connectivity index (χ3n) is 3.63. The molecule has 5 nitrogen and oxygen atoms in total. The van der Waals surface area contributed by atoms with Crippen molar-refractivity contribution in [3.05, 3.63) is 63.6 Å². The minimum Gasteiger partial charge on any atom is -0.490 e. The van der Waals surface area contributed by atoms with E-state index in [2.05, 4.69) is 5.43 Å². The number of para-hydroxylation sites is 1. The van der Waals surface area contributed by atoms with Crippen LogP contribution in [0.2, 0.25) is 10.0 Å². The third-order valence-corrected chi connectivity index (χ3v) is 4.37. The van der Waals surface area contributed by atoms with Crippen LogP contribution in [-0.4, -0.2) is 17.9 Å². The summed E-state index contributed by atoms with van der Waals surface area (Å²) in [6, 6.07) is 11.9. The van der Waals surface area contributed by atoms with Crippen LogP contribution in [0.1, 0.15) is 19.4 Å². The molecule has 0 radical (unpaired) electrons. The highest BCUT2D eigenvalue weighted by Crippen LogP contribution is 2.30. The van der Waals surface area contributed by atoms with E-state index in [1.165, 1.54) is 12.1 Å². The maximum Gasteiger partial charge on any atom is 0.282 e. The maximum atomic E-state index is 12.7. The third kappa shape index (κ3) is 3.69. The first-order chi connectivity index (χ1) is 12.4. The van der Waals surface area contributed by atoms with Crippen LogP contribution in [0, 0.1) is 0 Å². The van der Waals surface area contributed by atoms with Gasteiger partial charge in [0, 0.05) is 5.56 Å². The van der Waals surface area contributed by atoms with E-state index in [9.17, 15) is 9.59 Å². The van der Waals surface area contributed by atoms with Crippen molar-refractivity contribution in [1.29, 1.82) is 0 Å². The fourth-order valence-corrected chi connectivity index (χ4v) is 2.77. The summed E-state index contributed by atoms with van der Waals surface area (Å²) in [6.45, 7) is 3.81. The Balaban J connectivity index is 1.95. The van der Waals surface area contributed by atoms with Crippen LogP contribution in [0.4, 0.5) is 5.69 Å². The monoisotopic (exact) mass is 390 g/mol. The Morgan fingerprint density at radius 2 is 1.81 bits per heavy atom. The van der Waals surface area contributed by atoms with Gasteiger partial charge in [-0.25, -0.2) is 5.01 Å². The van der Waals surface area contributed by atoms with Crippen LogP contribution in [0.5, 0.6) is 5.75 Å². The number of hydrazine groups is 1. The summed E-state index contributed by atoms with van der Waals surface area (Å²) in [5.41, 5.74) is 3.61. The van der Waals surface area contributed by atoms with E-state index in [0.29, 0.717) is 27.0 Å². The normalized spacial score (nSPS) is 15.7. The van der Waals surface area contributed by atoms with Gasteiger partial charge in [0.05, 0.1) is 21.8 Å². The summed E-state index contributed by atoms with van der Waals surface area (Å²) in [5, 5.41) is 1.80. The lowest BCUT2D eigenvalue weighted by Crippen LogP contribution is -2.35. The molecular weight excluding hydrogens is 375 g/mol. The standard InChI is InChI=1S/C19H16Cl2N2O3/c1-11(2)26-17-6-4-3-5-12(17)9-14-18(24)22-23(19(14)25)13-7-8-15(20)16(21)10-13/h3-11H,1-2H3,(H,22,24). The molecule has 3 rings (SSSR count). The van der Waals surface area contributed by atoms with Crippen molar-refractivity contribution >= 4 is 46.8 Å². The molecule has 0 atom stereocenters. The molecule has 1 heterocycles. The molecule has 2 aromatic carbocycles. The quantitative estimate of drug-likeness (QED) is 0.627. The van der Waals surface area contributed by atoms with Gasteiger partial charge >= 0.3 is 0 Å². The Hall–Kier alpha value is -2.50. The van der Waals surface area contributed by atoms with Crippen LogP contribution in [0.15, 0.2) is 48.0 Å². The molecule has 0 unspecified atom stereocenters. The molecule has 134 valence electrons. The molecule has 1 saturated heterocycles. The van der Waals surface area contributed by atoms with Crippen LogP contribution >= 0.6 is 23.2 Å². The Labute approximate surface area is 161 Å². The zero-order valence-electron chi connectivity index (χ0n) is 14.1. The summed E-state index contributed by atoms with van der Waals surface area (Å²) in [5.74, 6) is -0.378. The molecule has 2 amide bonds. The Morgan fingerprint density at radius 1 is 1.08 bits per heavy atom. The van der Waals surface area contributed by atoms with Gasteiger partial charge in [0.2, 0.25) is 0 Å². The fourth-order valence-electron chi connectivity index (χ4n) is 2.48. The number of amides is 2. The number of halogens is 2. The highest BCUT2D eigenvalue weighted by Gasteiger charge is 2.34. The van der Waals surface area contributed by atoms with Crippen LogP contribution in [0.3, 0.4) is 0 Å². The van der Waals surface area contributed by atoms with Crippen LogP contribution < -0.4 is 15.2 Å². The molecule has 26 heavy (non-hydrogen) atoms. The van der Waals surface area contributed by atoms with Crippen molar-refractivity contribution in [2.24, 2.45) is 0 Å². The van der Waals surface area contributed by atoms with E-state index >= 15 is 0 Å². The van der Waals surface area contributed by atoms with E-state index in [1.807, 2.05) is 26.0 Å². The first-order valence-corrected chi connectivity index (χ1v) is 8.70. The Morgan fingerprint density at radius 3 is 2.50 bits per heavy atom. The van der Waals surface area contributed by atoms with Crippen molar-refractivity contribution in [2.45, 2.75) is 20.0 Å². The number of hydrogen-bond acceptors (Lipinski definition) is 3. The lowest BCUT2D eigenvalue weighted by atomic mass is 10.1. The highest BCUT2D eigenvalue weighted by molar-refractivity contribution is 6.42. The van der Waals surface area contributed by atoms with E-state index in [1.54, 1.807) is 24.3 Å². The molecule has 1 fully saturated rings. The number of carbonyl (C=O) groups is 2. The zero-order valence-corrected chi connectivity index (χ0v) is 15.6. The second kappa shape index (κ2) is 7.40. The molecule has 1 aliphatic rings. The van der Waals surface area contributed by atoms with E-state index in [-0.39, 0.29) is 11.7 Å². The van der Waals surface area contributed by atoms with Gasteiger partial charge in [-0.05, 0) is 44.2 Å². The summed E-state index contributed by atoms with van der Waals surface area (Å²) in [6.07, 6.45) is 1.49. The SMILES string of the molecule is CC(C)Oc1ccccc1C=C1C(=O)NN(c2ccc(Cl)c(Cl)c2)C1=O. The number of carbonyl (C=O) groups excluding carboxylic acids is 2. The molecule has 0 aromatic heterocycles. The summed E-state index contributed by atoms with van der Waals surface area (Å²) in [4.78, 5) is 25.0. The van der Waals surface area contributed by atoms with Gasteiger partial charge in [0.25, 0.3) is 11.8 Å². The van der Waals surface area contributed by atoms with Crippen molar-refractivity contribution in [2.75, 3.05) is 5.01 Å². The van der Waals surface area contributed by atoms with Gasteiger partial charge in [0.15, 0.2) is 0 Å². The summed E-state index contributed by atoms with van der Waals surface area (Å²) >= 11 is 11.9. The maximum absolute atomic E-state index is 12.7. The molecule has 2 aromatic rings. The number of ether oxygens (including phenoxy) is 1. The predicted octanol–water partition coefficient (Wildman–Crippen LogP) is 4.24. The Bertz CT molecular complexity index is 909. The van der Waals surface area contributed by atoms with Crippen molar-refractivity contribution in [1.82, 2.24) is 5.43 Å². The lowest BCUT2D eigenvalue weighted by molar-refractivity contribution is -0.117. The summed E-state index contributed by atoms with van der Waals surface area (Å²) in [7, 11) is 0. The largest absolute Gasteiger partial charge is 0.490 e. The summed E-state index contributed by atoms with van der Waals surface area (Å²) < 4.78 is 5.73. The fraction of sp³-hybridized carbons (Fsp3) is 0.158. The lowest BCUT2D eigenvalue weighted by Gasteiger charge is -2.15. The number of nitrogens with one attached hydrogen (secondary N) is 1. The molecule has 1 aliphatic heterocycles. The van der Waals surface area contributed by atoms with E-state index in [4.69, 9.17) is 27.9 Å². The highest BCUT2D eigenvalue weighted by atomic mass is 35.5. The second-order valence-corrected chi connectivity index (χ2v) is 6.76. The topological polar surface area (TPSA) is 58.6 Å². The zero-order chi connectivity index (χ0) is 18.8. The van der Waals surface area contributed by atoms with E-state index < -0.39 is 11.8 Å². The number of rotatable bonds is 4. The van der Waals surface area contributed by atoms with Gasteiger partial charge in [-0.1, -0.05) is 41.4 Å². The van der Waals surface area contributed by atoms with Gasteiger partial charge in [-0.15, -0.1) is 0 Å². The number of anilines is 1. The minimum absolute atomic E-state index is 0.0101. The van der Waals surface area contributed by atoms with Gasteiger partial charge in [0.1, 0.15) is 11.3 Å². The average molecular weight is 391 g/mol. The van der Waals surface area contributed by atoms with Gasteiger partial charge in [-0.2, -0.15) is 0 Å². The number of nitrogens with zero attached hydrogens (tertiary/aromatic N) is 1. The minimum atomic E-state index is -0.500. The smallest absolute Gasteiger partial charge is 0.282 e. The van der Waals surface area contributed by atoms with Gasteiger partial charge < -0.3 is 4.74 Å². The average Bonchev–Trinajstić information content (AvgIpc) is 2.87. The van der Waals surface area contributed by atoms with Crippen molar-refractivity contribution in [3.8, 4) is 5.75 Å². The first-order valence-electron chi connectivity index (χ1n) is 7.94. The van der Waals surface area contributed by atoms with Crippen molar-refractivity contribution in [3.63, 3.8) is 0 Å². The van der Waals surface area contributed by atoms with Crippen LogP contribution in [0.25, 0.3) is 6.08 Å². The number of hydrogen-bond donors (Lipinski definition) is 1. The van der Waals surface area contributed by atoms with Gasteiger partial charge in [-0.3, -0.25) is 15.0 Å². The molecule has 0 aliphatic carbocycles. The molecule has 0 bridgehead atoms. The molecular formula is C19H16Cl2N2O3. The molecule has 0 spiro atoms. The van der Waals surface area contributed by atoms with Crippen LogP contribution in [-0.2, 0) is 9.59 Å². The number of benzene rings is 2.